The van der Waals surface area contributed by atoms with Gasteiger partial charge in [-0.2, -0.15) is 0 Å². The molecule has 0 bridgehead atoms. The van der Waals surface area contributed by atoms with Crippen molar-refractivity contribution in [3.63, 3.8) is 0 Å². The molecule has 2 unspecified atom stereocenters. The minimum Gasteiger partial charge on any atom is -0.494 e. The number of ether oxygens (including phenoxy) is 1. The lowest BCUT2D eigenvalue weighted by Crippen LogP contribution is -2.21. The van der Waals surface area contributed by atoms with Crippen LogP contribution in [-0.2, 0) is 4.79 Å². The third kappa shape index (κ3) is 3.49. The van der Waals surface area contributed by atoms with E-state index in [1.54, 1.807) is 0 Å². The molecular formula is C16H22O3. The number of rotatable bonds is 4. The number of carboxylic acid groups (broad SMARTS) is 1. The Balaban J connectivity index is 2.18. The zero-order valence-electron chi connectivity index (χ0n) is 11.5. The molecule has 0 aromatic heterocycles. The lowest BCUT2D eigenvalue weighted by atomic mass is 9.82. The van der Waals surface area contributed by atoms with Gasteiger partial charge in [-0.3, -0.25) is 4.79 Å². The van der Waals surface area contributed by atoms with E-state index in [4.69, 9.17) is 4.74 Å². The Kier molecular flexibility index (Phi) is 4.83. The van der Waals surface area contributed by atoms with Gasteiger partial charge in [0.2, 0.25) is 0 Å². The minimum absolute atomic E-state index is 0.149. The van der Waals surface area contributed by atoms with Crippen molar-refractivity contribution in [2.45, 2.75) is 44.9 Å². The first-order valence-corrected chi connectivity index (χ1v) is 7.18. The van der Waals surface area contributed by atoms with Crippen LogP contribution in [0.1, 0.15) is 50.5 Å². The zero-order valence-corrected chi connectivity index (χ0v) is 11.5. The van der Waals surface area contributed by atoms with Crippen LogP contribution in [0.4, 0.5) is 0 Å². The SMILES string of the molecule is CCOc1ccc(C2CCCCCC2C(=O)O)cc1. The van der Waals surface area contributed by atoms with Gasteiger partial charge in [0.05, 0.1) is 12.5 Å². The second kappa shape index (κ2) is 6.60. The molecule has 3 nitrogen and oxygen atoms in total. The smallest absolute Gasteiger partial charge is 0.307 e. The Bertz CT molecular complexity index is 411. The molecule has 0 aliphatic heterocycles. The summed E-state index contributed by atoms with van der Waals surface area (Å²) in [6.07, 6.45) is 5.08. The molecule has 1 N–H and O–H groups in total. The summed E-state index contributed by atoms with van der Waals surface area (Å²) in [6.45, 7) is 2.61. The average Bonchev–Trinajstić information content (AvgIpc) is 2.65. The predicted molar refractivity (Wildman–Crippen MR) is 74.6 cm³/mol. The van der Waals surface area contributed by atoms with Crippen molar-refractivity contribution in [2.24, 2.45) is 5.92 Å². The Morgan fingerprint density at radius 2 is 1.89 bits per heavy atom. The fourth-order valence-electron chi connectivity index (χ4n) is 2.98. The van der Waals surface area contributed by atoms with Crippen molar-refractivity contribution in [1.29, 1.82) is 0 Å². The quantitative estimate of drug-likeness (QED) is 0.839. The molecule has 2 rings (SSSR count). The fraction of sp³-hybridized carbons (Fsp3) is 0.562. The monoisotopic (exact) mass is 262 g/mol. The van der Waals surface area contributed by atoms with Crippen LogP contribution >= 0.6 is 0 Å². The van der Waals surface area contributed by atoms with Crippen LogP contribution in [0, 0.1) is 5.92 Å². The molecule has 1 aliphatic carbocycles. The third-order valence-electron chi connectivity index (χ3n) is 3.95. The van der Waals surface area contributed by atoms with Gasteiger partial charge in [0.25, 0.3) is 0 Å². The van der Waals surface area contributed by atoms with Gasteiger partial charge in [-0.1, -0.05) is 31.4 Å². The summed E-state index contributed by atoms with van der Waals surface area (Å²) >= 11 is 0. The summed E-state index contributed by atoms with van der Waals surface area (Å²) in [5.74, 6) is 0.114. The van der Waals surface area contributed by atoms with Crippen LogP contribution in [0.5, 0.6) is 5.75 Å². The first-order valence-electron chi connectivity index (χ1n) is 7.18. The maximum atomic E-state index is 11.4. The molecule has 3 heteroatoms. The van der Waals surface area contributed by atoms with Crippen LogP contribution < -0.4 is 4.74 Å². The van der Waals surface area contributed by atoms with E-state index in [0.29, 0.717) is 6.61 Å². The van der Waals surface area contributed by atoms with Crippen molar-refractivity contribution in [3.05, 3.63) is 29.8 Å². The fourth-order valence-corrected chi connectivity index (χ4v) is 2.98. The van der Waals surface area contributed by atoms with E-state index in [-0.39, 0.29) is 11.8 Å². The summed E-state index contributed by atoms with van der Waals surface area (Å²) in [4.78, 5) is 11.4. The summed E-state index contributed by atoms with van der Waals surface area (Å²) in [7, 11) is 0. The minimum atomic E-state index is -0.652. The van der Waals surface area contributed by atoms with E-state index in [9.17, 15) is 9.90 Å². The highest BCUT2D eigenvalue weighted by Crippen LogP contribution is 2.37. The Morgan fingerprint density at radius 3 is 2.53 bits per heavy atom. The van der Waals surface area contributed by atoms with E-state index >= 15 is 0 Å². The molecule has 1 aliphatic rings. The largest absolute Gasteiger partial charge is 0.494 e. The zero-order chi connectivity index (χ0) is 13.7. The van der Waals surface area contributed by atoms with E-state index in [1.165, 1.54) is 0 Å². The summed E-state index contributed by atoms with van der Waals surface area (Å²) < 4.78 is 5.43. The molecule has 1 aromatic carbocycles. The molecule has 2 atom stereocenters. The Labute approximate surface area is 114 Å². The third-order valence-corrected chi connectivity index (χ3v) is 3.95. The first-order chi connectivity index (χ1) is 9.22. The second-order valence-corrected chi connectivity index (χ2v) is 5.19. The molecule has 1 aromatic rings. The second-order valence-electron chi connectivity index (χ2n) is 5.19. The van der Waals surface area contributed by atoms with Crippen molar-refractivity contribution < 1.29 is 14.6 Å². The molecule has 0 spiro atoms. The van der Waals surface area contributed by atoms with E-state index in [2.05, 4.69) is 0 Å². The van der Waals surface area contributed by atoms with Crippen molar-refractivity contribution in [2.75, 3.05) is 6.61 Å². The molecule has 1 saturated carbocycles. The normalized spacial score (nSPS) is 23.6. The van der Waals surface area contributed by atoms with Gasteiger partial charge in [0.15, 0.2) is 0 Å². The van der Waals surface area contributed by atoms with E-state index in [0.717, 1.165) is 43.4 Å². The van der Waals surface area contributed by atoms with Gasteiger partial charge in [-0.25, -0.2) is 0 Å². The van der Waals surface area contributed by atoms with E-state index in [1.807, 2.05) is 31.2 Å². The van der Waals surface area contributed by atoms with Gasteiger partial charge >= 0.3 is 5.97 Å². The molecule has 0 radical (unpaired) electrons. The van der Waals surface area contributed by atoms with Gasteiger partial charge in [0.1, 0.15) is 5.75 Å². The molecule has 0 heterocycles. The van der Waals surface area contributed by atoms with Gasteiger partial charge < -0.3 is 9.84 Å². The van der Waals surface area contributed by atoms with Crippen molar-refractivity contribution in [3.8, 4) is 5.75 Å². The molecule has 104 valence electrons. The highest BCUT2D eigenvalue weighted by molar-refractivity contribution is 5.71. The van der Waals surface area contributed by atoms with Crippen LogP contribution in [0.25, 0.3) is 0 Å². The molecule has 0 amide bonds. The molecule has 0 saturated heterocycles. The van der Waals surface area contributed by atoms with Crippen LogP contribution in [0.2, 0.25) is 0 Å². The summed E-state index contributed by atoms with van der Waals surface area (Å²) in [5, 5.41) is 9.41. The Morgan fingerprint density at radius 1 is 1.21 bits per heavy atom. The first kappa shape index (κ1) is 13.9. The summed E-state index contributed by atoms with van der Waals surface area (Å²) in [6, 6.07) is 7.94. The number of benzene rings is 1. The van der Waals surface area contributed by atoms with Crippen LogP contribution in [0.3, 0.4) is 0 Å². The van der Waals surface area contributed by atoms with Gasteiger partial charge in [-0.05, 0) is 43.4 Å². The topological polar surface area (TPSA) is 46.5 Å². The highest BCUT2D eigenvalue weighted by atomic mass is 16.5. The lowest BCUT2D eigenvalue weighted by Gasteiger charge is -2.22. The molecule has 19 heavy (non-hydrogen) atoms. The van der Waals surface area contributed by atoms with Crippen LogP contribution in [-0.4, -0.2) is 17.7 Å². The van der Waals surface area contributed by atoms with Gasteiger partial charge in [0, 0.05) is 0 Å². The predicted octanol–water partition coefficient (Wildman–Crippen LogP) is 3.83. The number of carboxylic acids is 1. The summed E-state index contributed by atoms with van der Waals surface area (Å²) in [5.41, 5.74) is 1.14. The van der Waals surface area contributed by atoms with Crippen molar-refractivity contribution in [1.82, 2.24) is 0 Å². The number of aliphatic carboxylic acids is 1. The number of carbonyl (C=O) groups is 1. The van der Waals surface area contributed by atoms with Gasteiger partial charge in [-0.15, -0.1) is 0 Å². The molecule has 1 fully saturated rings. The average molecular weight is 262 g/mol. The lowest BCUT2D eigenvalue weighted by molar-refractivity contribution is -0.142. The van der Waals surface area contributed by atoms with Crippen LogP contribution in [0.15, 0.2) is 24.3 Å². The Hall–Kier alpha value is -1.51. The number of hydrogen-bond donors (Lipinski definition) is 1. The molecular weight excluding hydrogens is 240 g/mol. The highest BCUT2D eigenvalue weighted by Gasteiger charge is 2.30. The maximum Gasteiger partial charge on any atom is 0.307 e. The number of hydrogen-bond acceptors (Lipinski definition) is 2. The maximum absolute atomic E-state index is 11.4. The van der Waals surface area contributed by atoms with E-state index < -0.39 is 5.97 Å². The van der Waals surface area contributed by atoms with Crippen molar-refractivity contribution >= 4 is 5.97 Å². The standard InChI is InChI=1S/C16H22O3/c1-2-19-13-10-8-12(9-11-13)14-6-4-3-5-7-15(14)16(17)18/h8-11,14-15H,2-7H2,1H3,(H,17,18).